The molecule has 1 aliphatic heterocycles. The van der Waals surface area contributed by atoms with Gasteiger partial charge in [-0.25, -0.2) is 15.0 Å². The third kappa shape index (κ3) is 4.04. The predicted molar refractivity (Wildman–Crippen MR) is 137 cm³/mol. The van der Waals surface area contributed by atoms with Crippen molar-refractivity contribution in [2.45, 2.75) is 33.3 Å². The fraction of sp³-hybridized carbons (Fsp3) is 0.357. The fourth-order valence-corrected chi connectivity index (χ4v) is 6.01. The number of anilines is 1. The van der Waals surface area contributed by atoms with E-state index in [0.717, 1.165) is 33.7 Å². The van der Waals surface area contributed by atoms with Gasteiger partial charge < -0.3 is 19.1 Å². The topological polar surface area (TPSA) is 92.9 Å². The highest BCUT2D eigenvalue weighted by molar-refractivity contribution is 5.75. The minimum absolute atomic E-state index is 0.148. The number of nitrogens with zero attached hydrogens (tertiary/aromatic N) is 5. The zero-order valence-corrected chi connectivity index (χ0v) is 21.2. The average molecular weight is 520 g/mol. The van der Waals surface area contributed by atoms with Crippen LogP contribution in [0.4, 0.5) is 14.7 Å². The van der Waals surface area contributed by atoms with Crippen molar-refractivity contribution in [3.8, 4) is 16.9 Å². The Morgan fingerprint density at radius 3 is 2.47 bits per heavy atom. The molecular weight excluding hydrogens is 492 g/mol. The maximum absolute atomic E-state index is 13.0. The Morgan fingerprint density at radius 1 is 1.13 bits per heavy atom. The molecule has 10 heteroatoms. The molecule has 1 saturated carbocycles. The first-order valence-corrected chi connectivity index (χ1v) is 12.6. The van der Waals surface area contributed by atoms with E-state index in [2.05, 4.69) is 9.97 Å². The van der Waals surface area contributed by atoms with Crippen LogP contribution in [-0.4, -0.2) is 50.1 Å². The molecule has 8 nitrogen and oxygen atoms in total. The van der Waals surface area contributed by atoms with Crippen LogP contribution in [0.25, 0.3) is 16.8 Å². The summed E-state index contributed by atoms with van der Waals surface area (Å²) in [4.78, 5) is 27.2. The second kappa shape index (κ2) is 9.04. The molecule has 2 fully saturated rings. The number of alkyl halides is 2. The number of hydrogen-bond donors (Lipinski definition) is 1. The number of halogens is 2. The monoisotopic (exact) mass is 519 g/mol. The van der Waals surface area contributed by atoms with Crippen molar-refractivity contribution in [1.82, 2.24) is 19.4 Å². The van der Waals surface area contributed by atoms with E-state index in [1.54, 1.807) is 30.6 Å². The number of aryl methyl sites for hydroxylation is 2. The molecule has 6 rings (SSSR count). The van der Waals surface area contributed by atoms with Crippen LogP contribution < -0.4 is 9.64 Å². The Hall–Kier alpha value is -4.08. The van der Waals surface area contributed by atoms with Crippen molar-refractivity contribution >= 4 is 17.6 Å². The lowest BCUT2D eigenvalue weighted by Gasteiger charge is -2.19. The molecule has 3 unspecified atom stereocenters. The van der Waals surface area contributed by atoms with E-state index in [1.165, 1.54) is 0 Å². The summed E-state index contributed by atoms with van der Waals surface area (Å²) in [5.41, 5.74) is 5.88. The summed E-state index contributed by atoms with van der Waals surface area (Å²) < 4.78 is 32.9. The molecule has 0 amide bonds. The highest BCUT2D eigenvalue weighted by Crippen LogP contribution is 2.52. The first-order valence-electron chi connectivity index (χ1n) is 12.6. The largest absolute Gasteiger partial charge is 0.481 e. The van der Waals surface area contributed by atoms with E-state index < -0.39 is 12.6 Å². The Kier molecular flexibility index (Phi) is 5.77. The van der Waals surface area contributed by atoms with E-state index in [0.29, 0.717) is 24.6 Å². The number of carboxylic acids is 1. The molecule has 1 aliphatic carbocycles. The molecule has 0 radical (unpaired) electrons. The molecule has 196 valence electrons. The van der Waals surface area contributed by atoms with Gasteiger partial charge in [0.05, 0.1) is 17.3 Å². The van der Waals surface area contributed by atoms with Crippen LogP contribution in [0.15, 0.2) is 48.9 Å². The second-order valence-corrected chi connectivity index (χ2v) is 10.2. The van der Waals surface area contributed by atoms with Gasteiger partial charge in [-0.05, 0) is 43.4 Å². The molecule has 3 aromatic heterocycles. The summed E-state index contributed by atoms with van der Waals surface area (Å²) >= 11 is 0. The Labute approximate surface area is 217 Å². The third-order valence-corrected chi connectivity index (χ3v) is 7.91. The van der Waals surface area contributed by atoms with Crippen LogP contribution in [0.2, 0.25) is 0 Å². The number of aromatic nitrogens is 4. The number of piperidine rings is 1. The lowest BCUT2D eigenvalue weighted by Crippen LogP contribution is -2.27. The number of carboxylic acid groups (broad SMARTS) is 1. The lowest BCUT2D eigenvalue weighted by atomic mass is 9.95. The number of imidazole rings is 1. The van der Waals surface area contributed by atoms with Gasteiger partial charge in [-0.3, -0.25) is 4.79 Å². The van der Waals surface area contributed by atoms with E-state index in [1.807, 2.05) is 48.4 Å². The molecule has 4 heterocycles. The first kappa shape index (κ1) is 24.3. The van der Waals surface area contributed by atoms with Crippen molar-refractivity contribution < 1.29 is 23.4 Å². The molecule has 1 aromatic carbocycles. The number of rotatable bonds is 7. The van der Waals surface area contributed by atoms with Crippen molar-refractivity contribution in [2.75, 3.05) is 18.0 Å². The number of benzene rings is 1. The fourth-order valence-electron chi connectivity index (χ4n) is 6.01. The van der Waals surface area contributed by atoms with Crippen LogP contribution >= 0.6 is 0 Å². The van der Waals surface area contributed by atoms with Gasteiger partial charge in [0.2, 0.25) is 5.95 Å². The summed E-state index contributed by atoms with van der Waals surface area (Å²) in [6, 6.07) is 8.83. The van der Waals surface area contributed by atoms with Crippen LogP contribution in [0.1, 0.15) is 35.4 Å². The molecule has 1 N–H and O–H groups in total. The van der Waals surface area contributed by atoms with Crippen molar-refractivity contribution in [3.05, 3.63) is 71.4 Å². The van der Waals surface area contributed by atoms with Crippen LogP contribution in [-0.2, 0) is 4.79 Å². The number of carbonyl (C=O) groups is 1. The molecule has 1 saturated heterocycles. The quantitative estimate of drug-likeness (QED) is 0.370. The Balaban J connectivity index is 1.31. The summed E-state index contributed by atoms with van der Waals surface area (Å²) in [7, 11) is 0. The number of fused-ring (bicyclic) bond motifs is 2. The SMILES string of the molecule is Cc1cc2nc(C)c(C(C)c3ccccc3OC(F)F)n2cc1-c1cnc(N2CC3C(C2)C3C(=O)O)nc1. The van der Waals surface area contributed by atoms with Crippen LogP contribution in [0.5, 0.6) is 5.75 Å². The minimum Gasteiger partial charge on any atom is -0.481 e. The molecule has 3 atom stereocenters. The summed E-state index contributed by atoms with van der Waals surface area (Å²) in [6.45, 7) is 4.29. The van der Waals surface area contributed by atoms with E-state index in [4.69, 9.17) is 9.72 Å². The molecule has 0 bridgehead atoms. The van der Waals surface area contributed by atoms with Crippen molar-refractivity contribution in [2.24, 2.45) is 17.8 Å². The highest BCUT2D eigenvalue weighted by atomic mass is 19.3. The van der Waals surface area contributed by atoms with Crippen LogP contribution in [0, 0.1) is 31.6 Å². The standard InChI is InChI=1S/C28H27F2N5O3/c1-14-8-23-33-16(3)25(15(2)18-6-4-5-7-22(18)38-27(29)30)35(23)13-19(14)17-9-31-28(32-10-17)34-11-20-21(12-34)24(20)26(36)37/h4-10,13,15,20-21,24,27H,11-12H2,1-3H3,(H,36,37). The Morgan fingerprint density at radius 2 is 1.82 bits per heavy atom. The van der Waals surface area contributed by atoms with Gasteiger partial charge in [0.25, 0.3) is 0 Å². The smallest absolute Gasteiger partial charge is 0.387 e. The summed E-state index contributed by atoms with van der Waals surface area (Å²) in [6.07, 6.45) is 5.56. The summed E-state index contributed by atoms with van der Waals surface area (Å²) in [5, 5.41) is 9.26. The van der Waals surface area contributed by atoms with Crippen LogP contribution in [0.3, 0.4) is 0 Å². The minimum atomic E-state index is -2.91. The van der Waals surface area contributed by atoms with Gasteiger partial charge in [0, 0.05) is 54.3 Å². The van der Waals surface area contributed by atoms with Gasteiger partial charge in [-0.2, -0.15) is 8.78 Å². The molecular formula is C28H27F2N5O3. The lowest BCUT2D eigenvalue weighted by molar-refractivity contribution is -0.139. The number of ether oxygens (including phenoxy) is 1. The maximum atomic E-state index is 13.0. The van der Waals surface area contributed by atoms with Gasteiger partial charge >= 0.3 is 12.6 Å². The average Bonchev–Trinajstić information content (AvgIpc) is 3.21. The van der Waals surface area contributed by atoms with Crippen molar-refractivity contribution in [1.29, 1.82) is 0 Å². The number of pyridine rings is 1. The molecule has 2 aliphatic rings. The van der Waals surface area contributed by atoms with E-state index >= 15 is 0 Å². The predicted octanol–water partition coefficient (Wildman–Crippen LogP) is 4.93. The molecule has 0 spiro atoms. The second-order valence-electron chi connectivity index (χ2n) is 10.2. The Bertz CT molecular complexity index is 1530. The van der Waals surface area contributed by atoms with E-state index in [-0.39, 0.29) is 29.4 Å². The van der Waals surface area contributed by atoms with Gasteiger partial charge in [0.1, 0.15) is 11.4 Å². The zero-order valence-electron chi connectivity index (χ0n) is 21.2. The summed E-state index contributed by atoms with van der Waals surface area (Å²) in [5.74, 6) is -0.0881. The number of aliphatic carboxylic acids is 1. The molecule has 4 aromatic rings. The third-order valence-electron chi connectivity index (χ3n) is 7.91. The van der Waals surface area contributed by atoms with E-state index in [9.17, 15) is 18.7 Å². The zero-order chi connectivity index (χ0) is 26.7. The normalized spacial score (nSPS) is 21.1. The number of hydrogen-bond acceptors (Lipinski definition) is 6. The van der Waals surface area contributed by atoms with Crippen molar-refractivity contribution in [3.63, 3.8) is 0 Å². The van der Waals surface area contributed by atoms with Gasteiger partial charge in [-0.15, -0.1) is 0 Å². The van der Waals surface area contributed by atoms with Gasteiger partial charge in [0.15, 0.2) is 0 Å². The maximum Gasteiger partial charge on any atom is 0.387 e. The number of para-hydroxylation sites is 1. The van der Waals surface area contributed by atoms with Gasteiger partial charge in [-0.1, -0.05) is 25.1 Å². The highest BCUT2D eigenvalue weighted by Gasteiger charge is 2.60. The first-order chi connectivity index (χ1) is 18.2. The molecule has 38 heavy (non-hydrogen) atoms.